The summed E-state index contributed by atoms with van der Waals surface area (Å²) in [4.78, 5) is 13.6. The molecule has 4 heteroatoms. The lowest BCUT2D eigenvalue weighted by molar-refractivity contribution is 0.00721. The highest BCUT2D eigenvalue weighted by molar-refractivity contribution is 7.16. The quantitative estimate of drug-likeness (QED) is 0.803. The van der Waals surface area contributed by atoms with E-state index in [1.807, 2.05) is 41.5 Å². The van der Waals surface area contributed by atoms with Crippen molar-refractivity contribution in [1.82, 2.24) is 0 Å². The van der Waals surface area contributed by atoms with Gasteiger partial charge in [-0.15, -0.1) is 11.3 Å². The highest BCUT2D eigenvalue weighted by Crippen LogP contribution is 2.40. The molecule has 3 nitrogen and oxygen atoms in total. The van der Waals surface area contributed by atoms with Crippen LogP contribution in [0.5, 0.6) is 0 Å². The van der Waals surface area contributed by atoms with Gasteiger partial charge >= 0.3 is 5.97 Å². The number of carbonyl (C=O) groups is 1. The van der Waals surface area contributed by atoms with E-state index < -0.39 is 5.60 Å². The number of benzene rings is 1. The number of ether oxygens (including phenoxy) is 1. The van der Waals surface area contributed by atoms with Crippen molar-refractivity contribution in [1.29, 1.82) is 0 Å². The molecule has 0 aliphatic heterocycles. The molecule has 2 aromatic rings. The Morgan fingerprint density at radius 2 is 1.82 bits per heavy atom. The molecule has 1 aromatic carbocycles. The van der Waals surface area contributed by atoms with Crippen LogP contribution in [0, 0.1) is 20.8 Å². The molecule has 0 unspecified atom stereocenters. The van der Waals surface area contributed by atoms with Crippen molar-refractivity contribution < 1.29 is 9.53 Å². The Morgan fingerprint density at radius 1 is 1.18 bits per heavy atom. The lowest BCUT2D eigenvalue weighted by atomic mass is 9.95. The SMILES string of the molecule is Cc1ccc(C)c(-c2c(C)sc(N)c2C(=O)OC(C)(C)C)c1. The first kappa shape index (κ1) is 16.6. The zero-order chi connectivity index (χ0) is 16.7. The summed E-state index contributed by atoms with van der Waals surface area (Å²) in [6.07, 6.45) is 0. The lowest BCUT2D eigenvalue weighted by Gasteiger charge is -2.20. The van der Waals surface area contributed by atoms with Gasteiger partial charge in [0.25, 0.3) is 0 Å². The van der Waals surface area contributed by atoms with Crippen molar-refractivity contribution in [2.45, 2.75) is 47.1 Å². The van der Waals surface area contributed by atoms with E-state index >= 15 is 0 Å². The minimum atomic E-state index is -0.543. The third-order valence-electron chi connectivity index (χ3n) is 3.38. The van der Waals surface area contributed by atoms with Gasteiger partial charge < -0.3 is 10.5 Å². The summed E-state index contributed by atoms with van der Waals surface area (Å²) in [6.45, 7) is 11.7. The van der Waals surface area contributed by atoms with Crippen molar-refractivity contribution in [3.63, 3.8) is 0 Å². The Bertz CT molecular complexity index is 723. The van der Waals surface area contributed by atoms with Gasteiger partial charge in [-0.2, -0.15) is 0 Å². The largest absolute Gasteiger partial charge is 0.456 e. The molecule has 0 saturated heterocycles. The summed E-state index contributed by atoms with van der Waals surface area (Å²) >= 11 is 1.44. The van der Waals surface area contributed by atoms with Crippen LogP contribution in [0.15, 0.2) is 18.2 Å². The van der Waals surface area contributed by atoms with Gasteiger partial charge in [0.2, 0.25) is 0 Å². The highest BCUT2D eigenvalue weighted by atomic mass is 32.1. The van der Waals surface area contributed by atoms with Crippen LogP contribution in [0.2, 0.25) is 0 Å². The topological polar surface area (TPSA) is 52.3 Å². The number of rotatable bonds is 2. The zero-order valence-electron chi connectivity index (χ0n) is 14.0. The molecule has 0 aliphatic carbocycles. The second kappa shape index (κ2) is 5.76. The summed E-state index contributed by atoms with van der Waals surface area (Å²) in [5, 5.41) is 0.516. The third-order valence-corrected chi connectivity index (χ3v) is 4.31. The summed E-state index contributed by atoms with van der Waals surface area (Å²) in [6, 6.07) is 6.23. The first-order valence-corrected chi connectivity index (χ1v) is 8.11. The molecule has 2 rings (SSSR count). The van der Waals surface area contributed by atoms with Crippen LogP contribution < -0.4 is 5.73 Å². The maximum absolute atomic E-state index is 12.6. The fraction of sp³-hybridized carbons (Fsp3) is 0.389. The summed E-state index contributed by atoms with van der Waals surface area (Å²) in [5.41, 5.74) is 10.3. The molecular weight excluding hydrogens is 294 g/mol. The molecule has 0 saturated carbocycles. The van der Waals surface area contributed by atoms with Gasteiger partial charge in [-0.3, -0.25) is 0 Å². The molecular formula is C18H23NO2S. The van der Waals surface area contributed by atoms with E-state index in [0.717, 1.165) is 27.1 Å². The van der Waals surface area contributed by atoms with Crippen molar-refractivity contribution in [2.75, 3.05) is 5.73 Å². The van der Waals surface area contributed by atoms with Crippen LogP contribution in [0.25, 0.3) is 11.1 Å². The van der Waals surface area contributed by atoms with Gasteiger partial charge in [0, 0.05) is 10.4 Å². The lowest BCUT2D eigenvalue weighted by Crippen LogP contribution is -2.24. The van der Waals surface area contributed by atoms with E-state index in [-0.39, 0.29) is 5.97 Å². The maximum atomic E-state index is 12.6. The van der Waals surface area contributed by atoms with Gasteiger partial charge in [-0.05, 0) is 52.7 Å². The summed E-state index contributed by atoms with van der Waals surface area (Å²) in [7, 11) is 0. The first-order valence-electron chi connectivity index (χ1n) is 7.30. The second-order valence-corrected chi connectivity index (χ2v) is 7.85. The number of thiophene rings is 1. The van der Waals surface area contributed by atoms with Crippen molar-refractivity contribution >= 4 is 22.3 Å². The van der Waals surface area contributed by atoms with Gasteiger partial charge in [-0.1, -0.05) is 23.8 Å². The number of carbonyl (C=O) groups excluding carboxylic acids is 1. The Hall–Kier alpha value is -1.81. The van der Waals surface area contributed by atoms with Crippen LogP contribution in [-0.4, -0.2) is 11.6 Å². The fourth-order valence-corrected chi connectivity index (χ4v) is 3.36. The number of hydrogen-bond acceptors (Lipinski definition) is 4. The molecule has 0 amide bonds. The third kappa shape index (κ3) is 3.33. The minimum absolute atomic E-state index is 0.356. The predicted octanol–water partition coefficient (Wildman–Crippen LogP) is 4.88. The molecule has 118 valence electrons. The summed E-state index contributed by atoms with van der Waals surface area (Å²) in [5.74, 6) is -0.356. The molecule has 0 spiro atoms. The van der Waals surface area contributed by atoms with Crippen LogP contribution in [0.1, 0.15) is 47.1 Å². The van der Waals surface area contributed by atoms with E-state index in [9.17, 15) is 4.79 Å². The second-order valence-electron chi connectivity index (χ2n) is 6.59. The normalized spacial score (nSPS) is 11.5. The molecule has 1 aromatic heterocycles. The average Bonchev–Trinajstić information content (AvgIpc) is 2.65. The Kier molecular flexibility index (Phi) is 4.34. The van der Waals surface area contributed by atoms with Crippen molar-refractivity contribution in [3.05, 3.63) is 39.8 Å². The number of aryl methyl sites for hydroxylation is 3. The number of nitrogens with two attached hydrogens (primary N) is 1. The molecule has 0 atom stereocenters. The zero-order valence-corrected chi connectivity index (χ0v) is 14.9. The molecule has 2 N–H and O–H groups in total. The van der Waals surface area contributed by atoms with E-state index in [4.69, 9.17) is 10.5 Å². The van der Waals surface area contributed by atoms with Gasteiger partial charge in [-0.25, -0.2) is 4.79 Å². The van der Waals surface area contributed by atoms with Gasteiger partial charge in [0.05, 0.1) is 0 Å². The van der Waals surface area contributed by atoms with Gasteiger partial charge in [0.1, 0.15) is 16.2 Å². The molecule has 1 heterocycles. The molecule has 0 radical (unpaired) electrons. The van der Waals surface area contributed by atoms with Crippen LogP contribution in [0.3, 0.4) is 0 Å². The number of nitrogen functional groups attached to an aromatic ring is 1. The Balaban J connectivity index is 2.62. The smallest absolute Gasteiger partial charge is 0.342 e. The van der Waals surface area contributed by atoms with Crippen LogP contribution in [-0.2, 0) is 4.74 Å². The number of hydrogen-bond donors (Lipinski definition) is 1. The number of anilines is 1. The number of esters is 1. The standard InChI is InChI=1S/C18H23NO2S/c1-10-7-8-11(2)13(9-10)14-12(3)22-16(19)15(14)17(20)21-18(4,5)6/h7-9H,19H2,1-6H3. The highest BCUT2D eigenvalue weighted by Gasteiger charge is 2.27. The average molecular weight is 317 g/mol. The molecule has 0 aliphatic rings. The van der Waals surface area contributed by atoms with Crippen molar-refractivity contribution in [3.8, 4) is 11.1 Å². The van der Waals surface area contributed by atoms with E-state index in [1.54, 1.807) is 0 Å². The van der Waals surface area contributed by atoms with E-state index in [0.29, 0.717) is 10.6 Å². The van der Waals surface area contributed by atoms with Crippen molar-refractivity contribution in [2.24, 2.45) is 0 Å². The Labute approximate surface area is 136 Å². The predicted molar refractivity (Wildman–Crippen MR) is 93.5 cm³/mol. The van der Waals surface area contributed by atoms with E-state index in [1.165, 1.54) is 11.3 Å². The van der Waals surface area contributed by atoms with Crippen LogP contribution >= 0.6 is 11.3 Å². The van der Waals surface area contributed by atoms with Crippen LogP contribution in [0.4, 0.5) is 5.00 Å². The molecule has 0 bridgehead atoms. The molecule has 22 heavy (non-hydrogen) atoms. The monoisotopic (exact) mass is 317 g/mol. The first-order chi connectivity index (χ1) is 10.1. The fourth-order valence-electron chi connectivity index (χ4n) is 2.43. The minimum Gasteiger partial charge on any atom is -0.456 e. The van der Waals surface area contributed by atoms with Gasteiger partial charge in [0.15, 0.2) is 0 Å². The Morgan fingerprint density at radius 3 is 2.41 bits per heavy atom. The van der Waals surface area contributed by atoms with E-state index in [2.05, 4.69) is 18.2 Å². The summed E-state index contributed by atoms with van der Waals surface area (Å²) < 4.78 is 5.54. The molecule has 0 fully saturated rings. The maximum Gasteiger partial charge on any atom is 0.342 e.